The number of fused-ring (bicyclic) bond motifs is 2. The first-order chi connectivity index (χ1) is 10.8. The molecule has 3 nitrogen and oxygen atoms in total. The van der Waals surface area contributed by atoms with Crippen LogP contribution in [0.25, 0.3) is 0 Å². The fourth-order valence-electron chi connectivity index (χ4n) is 4.71. The monoisotopic (exact) mass is 318 g/mol. The molecule has 0 aliphatic heterocycles. The summed E-state index contributed by atoms with van der Waals surface area (Å²) in [5.74, 6) is 0.321. The molecule has 1 fully saturated rings. The summed E-state index contributed by atoms with van der Waals surface area (Å²) in [5.41, 5.74) is 0.488. The Labute approximate surface area is 139 Å². The number of aliphatic hydroxyl groups is 1. The average Bonchev–Trinajstić information content (AvgIpc) is 2.49. The molecule has 3 heteroatoms. The van der Waals surface area contributed by atoms with Gasteiger partial charge < -0.3 is 9.90 Å². The van der Waals surface area contributed by atoms with Crippen molar-refractivity contribution in [1.29, 1.82) is 0 Å². The molecule has 2 bridgehead atoms. The minimum Gasteiger partial charge on any atom is -0.391 e. The van der Waals surface area contributed by atoms with Gasteiger partial charge >= 0.3 is 0 Å². The molecule has 0 aromatic rings. The van der Waals surface area contributed by atoms with Crippen LogP contribution in [0.4, 0.5) is 0 Å². The quantitative estimate of drug-likeness (QED) is 0.597. The third-order valence-electron chi connectivity index (χ3n) is 6.22. The van der Waals surface area contributed by atoms with Gasteiger partial charge in [0.2, 0.25) is 0 Å². The molecule has 2 unspecified atom stereocenters. The van der Waals surface area contributed by atoms with E-state index < -0.39 is 11.5 Å². The van der Waals surface area contributed by atoms with E-state index in [4.69, 9.17) is 0 Å². The van der Waals surface area contributed by atoms with Gasteiger partial charge in [0, 0.05) is 5.57 Å². The minimum absolute atomic E-state index is 0.0328. The van der Waals surface area contributed by atoms with E-state index in [0.29, 0.717) is 12.0 Å². The highest BCUT2D eigenvalue weighted by Gasteiger charge is 2.60. The van der Waals surface area contributed by atoms with Gasteiger partial charge in [-0.15, -0.1) is 0 Å². The van der Waals surface area contributed by atoms with Crippen molar-refractivity contribution < 1.29 is 14.7 Å². The maximum Gasteiger partial charge on any atom is 0.146 e. The van der Waals surface area contributed by atoms with Gasteiger partial charge in [0.05, 0.1) is 11.5 Å². The number of carbonyl (C=O) groups excluding carboxylic acids is 2. The van der Waals surface area contributed by atoms with Gasteiger partial charge in [-0.3, -0.25) is 4.79 Å². The molecule has 2 aliphatic rings. The van der Waals surface area contributed by atoms with Gasteiger partial charge in [-0.2, -0.15) is 0 Å². The van der Waals surface area contributed by atoms with Crippen LogP contribution in [0.2, 0.25) is 0 Å². The Morgan fingerprint density at radius 2 is 2.13 bits per heavy atom. The van der Waals surface area contributed by atoms with E-state index in [9.17, 15) is 14.7 Å². The van der Waals surface area contributed by atoms with E-state index in [0.717, 1.165) is 38.3 Å². The molecule has 0 heterocycles. The first-order valence-electron chi connectivity index (χ1n) is 8.75. The molecule has 2 rings (SSSR count). The maximum atomic E-state index is 12.1. The van der Waals surface area contributed by atoms with Crippen LogP contribution in [-0.4, -0.2) is 23.8 Å². The second-order valence-corrected chi connectivity index (χ2v) is 8.07. The van der Waals surface area contributed by atoms with Gasteiger partial charge in [-0.1, -0.05) is 31.6 Å². The van der Waals surface area contributed by atoms with E-state index in [1.165, 1.54) is 5.57 Å². The van der Waals surface area contributed by atoms with E-state index in [-0.39, 0.29) is 17.3 Å². The Morgan fingerprint density at radius 3 is 2.70 bits per heavy atom. The lowest BCUT2D eigenvalue weighted by molar-refractivity contribution is -0.153. The van der Waals surface area contributed by atoms with Crippen LogP contribution >= 0.6 is 0 Å². The van der Waals surface area contributed by atoms with Crippen molar-refractivity contribution >= 4 is 12.6 Å². The minimum atomic E-state index is -1.02. The summed E-state index contributed by atoms with van der Waals surface area (Å²) in [5, 5.41) is 11.0. The Morgan fingerprint density at radius 1 is 1.43 bits per heavy atom. The molecule has 0 radical (unpaired) electrons. The summed E-state index contributed by atoms with van der Waals surface area (Å²) < 4.78 is 0. The Kier molecular flexibility index (Phi) is 5.30. The molecule has 23 heavy (non-hydrogen) atoms. The lowest BCUT2D eigenvalue weighted by Crippen LogP contribution is -2.59. The molecule has 0 amide bonds. The molecule has 0 spiro atoms. The molecular weight excluding hydrogens is 288 g/mol. The van der Waals surface area contributed by atoms with E-state index in [1.807, 2.05) is 13.0 Å². The molecule has 0 aromatic carbocycles. The normalized spacial score (nSPS) is 37.5. The number of hydrogen-bond acceptors (Lipinski definition) is 3. The maximum absolute atomic E-state index is 12.1. The highest BCUT2D eigenvalue weighted by molar-refractivity contribution is 5.86. The third kappa shape index (κ3) is 2.96. The standard InChI is InChI=1S/C20H30O3/c1-14(2)6-5-7-15(3)17-9-11-19(4)10-8-16(12-21)20(17,13-22)18(19)23/h6,8,12-13,15,17-18,23H,5,7,9-11H2,1-4H3/t15-,17?,18-,19+,20?/m1/s1. The Bertz CT molecular complexity index is 529. The van der Waals surface area contributed by atoms with E-state index >= 15 is 0 Å². The SMILES string of the molecule is CC(C)=CCC[C@@H](C)C1CC[C@]2(C)CC=C(C=O)C1(C=O)[C@@H]2O. The zero-order chi connectivity index (χ0) is 17.3. The summed E-state index contributed by atoms with van der Waals surface area (Å²) in [6.07, 6.45) is 9.43. The van der Waals surface area contributed by atoms with Crippen LogP contribution in [0.1, 0.15) is 59.8 Å². The van der Waals surface area contributed by atoms with Crippen molar-refractivity contribution in [2.75, 3.05) is 0 Å². The van der Waals surface area contributed by atoms with Gasteiger partial charge in [0.1, 0.15) is 12.6 Å². The average molecular weight is 318 g/mol. The summed E-state index contributed by atoms with van der Waals surface area (Å²) in [7, 11) is 0. The number of carbonyl (C=O) groups is 2. The summed E-state index contributed by atoms with van der Waals surface area (Å²) in [4.78, 5) is 23.7. The van der Waals surface area contributed by atoms with Crippen LogP contribution in [0, 0.1) is 22.7 Å². The zero-order valence-electron chi connectivity index (χ0n) is 14.8. The van der Waals surface area contributed by atoms with Crippen molar-refractivity contribution in [3.63, 3.8) is 0 Å². The van der Waals surface area contributed by atoms with E-state index in [2.05, 4.69) is 26.8 Å². The number of hydrogen-bond donors (Lipinski definition) is 1. The predicted octanol–water partition coefficient (Wildman–Crippen LogP) is 3.86. The van der Waals surface area contributed by atoms with Gasteiger partial charge in [-0.05, 0) is 63.2 Å². The molecule has 0 aromatic heterocycles. The number of rotatable bonds is 6. The molecule has 5 atom stereocenters. The molecule has 128 valence electrons. The number of aldehydes is 2. The van der Waals surface area contributed by atoms with Gasteiger partial charge in [0.25, 0.3) is 0 Å². The first kappa shape index (κ1) is 18.1. The van der Waals surface area contributed by atoms with Crippen LogP contribution in [0.15, 0.2) is 23.3 Å². The largest absolute Gasteiger partial charge is 0.391 e. The fraction of sp³-hybridized carbons (Fsp3) is 0.700. The zero-order valence-corrected chi connectivity index (χ0v) is 14.8. The Hall–Kier alpha value is -1.22. The van der Waals surface area contributed by atoms with Crippen molar-refractivity contribution in [2.45, 2.75) is 65.9 Å². The topological polar surface area (TPSA) is 54.4 Å². The van der Waals surface area contributed by atoms with Crippen LogP contribution in [-0.2, 0) is 9.59 Å². The first-order valence-corrected chi connectivity index (χ1v) is 8.75. The van der Waals surface area contributed by atoms with Crippen molar-refractivity contribution in [3.8, 4) is 0 Å². The lowest BCUT2D eigenvalue weighted by atomic mass is 9.48. The predicted molar refractivity (Wildman–Crippen MR) is 91.9 cm³/mol. The van der Waals surface area contributed by atoms with Crippen molar-refractivity contribution in [2.24, 2.45) is 22.7 Å². The fourth-order valence-corrected chi connectivity index (χ4v) is 4.71. The van der Waals surface area contributed by atoms with Crippen LogP contribution in [0.3, 0.4) is 0 Å². The molecule has 1 saturated carbocycles. The van der Waals surface area contributed by atoms with Crippen LogP contribution < -0.4 is 0 Å². The molecule has 2 aliphatic carbocycles. The highest BCUT2D eigenvalue weighted by Crippen LogP contribution is 2.59. The Balaban J connectivity index is 2.34. The summed E-state index contributed by atoms with van der Waals surface area (Å²) in [6.45, 7) is 8.36. The number of aliphatic hydroxyl groups excluding tert-OH is 1. The second-order valence-electron chi connectivity index (χ2n) is 8.07. The lowest BCUT2D eigenvalue weighted by Gasteiger charge is -2.56. The second kappa shape index (κ2) is 6.72. The van der Waals surface area contributed by atoms with Crippen molar-refractivity contribution in [1.82, 2.24) is 0 Å². The third-order valence-corrected chi connectivity index (χ3v) is 6.22. The molecule has 0 saturated heterocycles. The highest BCUT2D eigenvalue weighted by atomic mass is 16.3. The smallest absolute Gasteiger partial charge is 0.146 e. The summed E-state index contributed by atoms with van der Waals surface area (Å²) >= 11 is 0. The number of allylic oxidation sites excluding steroid dienone is 3. The van der Waals surface area contributed by atoms with Gasteiger partial charge in [-0.25, -0.2) is 0 Å². The van der Waals surface area contributed by atoms with Crippen LogP contribution in [0.5, 0.6) is 0 Å². The van der Waals surface area contributed by atoms with Crippen molar-refractivity contribution in [3.05, 3.63) is 23.3 Å². The van der Waals surface area contributed by atoms with E-state index in [1.54, 1.807) is 0 Å². The molecule has 1 N–H and O–H groups in total. The van der Waals surface area contributed by atoms with Gasteiger partial charge in [0.15, 0.2) is 0 Å². The summed E-state index contributed by atoms with van der Waals surface area (Å²) in [6, 6.07) is 0. The molecular formula is C20H30O3.